The molecule has 0 unspecified atom stereocenters. The van der Waals surface area contributed by atoms with Crippen molar-refractivity contribution in [3.8, 4) is 5.13 Å². The minimum absolute atomic E-state index is 0.0813. The van der Waals surface area contributed by atoms with Crippen LogP contribution in [-0.2, 0) is 4.79 Å². The summed E-state index contributed by atoms with van der Waals surface area (Å²) in [6, 6.07) is 8.17. The SMILES string of the molecule is CCC[C@@H]1c2c(C)nn(-c3nc4ccccc4s3)c2NC2=CC(C)(C)CC(=O)[C@H]21. The zero-order valence-electron chi connectivity index (χ0n) is 17.3. The molecular weight excluding hydrogens is 380 g/mol. The first-order valence-corrected chi connectivity index (χ1v) is 11.2. The summed E-state index contributed by atoms with van der Waals surface area (Å²) in [7, 11) is 0. The largest absolute Gasteiger partial charge is 0.343 e. The van der Waals surface area contributed by atoms with Crippen LogP contribution in [0.1, 0.15) is 57.2 Å². The van der Waals surface area contributed by atoms with Crippen LogP contribution in [0.3, 0.4) is 0 Å². The number of thiazole rings is 1. The minimum Gasteiger partial charge on any atom is -0.343 e. The highest BCUT2D eigenvalue weighted by Gasteiger charge is 2.45. The summed E-state index contributed by atoms with van der Waals surface area (Å²) in [5, 5.41) is 9.35. The Morgan fingerprint density at radius 2 is 2.10 bits per heavy atom. The quantitative estimate of drug-likeness (QED) is 0.615. The number of carbonyl (C=O) groups excluding carboxylic acids is 1. The van der Waals surface area contributed by atoms with Crippen LogP contribution in [0, 0.1) is 18.3 Å². The Morgan fingerprint density at radius 1 is 1.31 bits per heavy atom. The third kappa shape index (κ3) is 2.92. The van der Waals surface area contributed by atoms with E-state index in [1.165, 1.54) is 5.56 Å². The number of aryl methyl sites for hydroxylation is 1. The van der Waals surface area contributed by atoms with E-state index in [2.05, 4.69) is 45.2 Å². The monoisotopic (exact) mass is 406 g/mol. The molecule has 1 aliphatic carbocycles. The fourth-order valence-electron chi connectivity index (χ4n) is 4.97. The van der Waals surface area contributed by atoms with Gasteiger partial charge in [-0.1, -0.05) is 56.7 Å². The maximum Gasteiger partial charge on any atom is 0.213 e. The van der Waals surface area contributed by atoms with Crippen LogP contribution < -0.4 is 5.32 Å². The molecular formula is C23H26N4OS. The van der Waals surface area contributed by atoms with E-state index in [1.807, 2.05) is 22.9 Å². The second kappa shape index (κ2) is 6.52. The highest BCUT2D eigenvalue weighted by Crippen LogP contribution is 2.50. The van der Waals surface area contributed by atoms with Crippen LogP contribution in [0.15, 0.2) is 36.0 Å². The molecule has 0 radical (unpaired) electrons. The molecule has 3 heterocycles. The van der Waals surface area contributed by atoms with Crippen LogP contribution in [0.5, 0.6) is 0 Å². The first-order chi connectivity index (χ1) is 13.9. The van der Waals surface area contributed by atoms with Gasteiger partial charge in [-0.15, -0.1) is 0 Å². The van der Waals surface area contributed by atoms with Gasteiger partial charge in [-0.3, -0.25) is 4.79 Å². The molecule has 0 saturated heterocycles. The lowest BCUT2D eigenvalue weighted by atomic mass is 9.67. The minimum atomic E-state index is -0.125. The second-order valence-corrected chi connectivity index (χ2v) is 9.96. The molecule has 1 N–H and O–H groups in total. The first kappa shape index (κ1) is 18.6. The highest BCUT2D eigenvalue weighted by atomic mass is 32.1. The molecule has 5 rings (SSSR count). The average Bonchev–Trinajstić information content (AvgIpc) is 3.21. The number of aromatic nitrogens is 3. The first-order valence-electron chi connectivity index (χ1n) is 10.4. The lowest BCUT2D eigenvalue weighted by Gasteiger charge is -2.40. The molecule has 0 fully saturated rings. The molecule has 2 aliphatic rings. The fourth-order valence-corrected chi connectivity index (χ4v) is 5.89. The molecule has 6 heteroatoms. The molecule has 0 spiro atoms. The van der Waals surface area contributed by atoms with Gasteiger partial charge in [0, 0.05) is 23.6 Å². The molecule has 5 nitrogen and oxygen atoms in total. The molecule has 1 aliphatic heterocycles. The van der Waals surface area contributed by atoms with E-state index < -0.39 is 0 Å². The summed E-state index contributed by atoms with van der Waals surface area (Å²) in [5.74, 6) is 1.42. The number of Topliss-reactive ketones (excluding diaryl/α,β-unsaturated/α-hetero) is 1. The van der Waals surface area contributed by atoms with Gasteiger partial charge in [-0.25, -0.2) is 4.98 Å². The summed E-state index contributed by atoms with van der Waals surface area (Å²) in [6.45, 7) is 8.51. The molecule has 0 saturated carbocycles. The molecule has 29 heavy (non-hydrogen) atoms. The summed E-state index contributed by atoms with van der Waals surface area (Å²) >= 11 is 1.64. The molecule has 2 aromatic heterocycles. The van der Waals surface area contributed by atoms with Crippen LogP contribution in [0.2, 0.25) is 0 Å². The van der Waals surface area contributed by atoms with E-state index in [1.54, 1.807) is 11.3 Å². The maximum absolute atomic E-state index is 13.1. The third-order valence-electron chi connectivity index (χ3n) is 6.06. The Balaban J connectivity index is 1.70. The zero-order chi connectivity index (χ0) is 20.3. The third-order valence-corrected chi connectivity index (χ3v) is 7.08. The number of nitrogens with zero attached hydrogens (tertiary/aromatic N) is 3. The number of para-hydroxylation sites is 1. The number of benzene rings is 1. The standard InChI is InChI=1S/C23H26N4OS/c1-5-8-14-19-13(2)26-27(22-25-15-9-6-7-10-18(15)29-22)21(19)24-16-11-23(3,4)12-17(28)20(14)16/h6-7,9-11,14,20,24H,5,8,12H2,1-4H3/t14-,20+/m1/s1. The van der Waals surface area contributed by atoms with Crippen molar-refractivity contribution >= 4 is 33.2 Å². The number of fused-ring (bicyclic) bond motifs is 3. The number of allylic oxidation sites excluding steroid dienone is 2. The lowest BCUT2D eigenvalue weighted by Crippen LogP contribution is -2.38. The Hall–Kier alpha value is -2.47. The topological polar surface area (TPSA) is 59.8 Å². The molecule has 0 bridgehead atoms. The Bertz CT molecular complexity index is 1120. The van der Waals surface area contributed by atoms with Crippen molar-refractivity contribution in [1.29, 1.82) is 0 Å². The van der Waals surface area contributed by atoms with E-state index >= 15 is 0 Å². The van der Waals surface area contributed by atoms with Gasteiger partial charge in [-0.05, 0) is 30.9 Å². The smallest absolute Gasteiger partial charge is 0.213 e. The Morgan fingerprint density at radius 3 is 2.86 bits per heavy atom. The number of ketones is 1. The van der Waals surface area contributed by atoms with Crippen molar-refractivity contribution in [2.24, 2.45) is 11.3 Å². The molecule has 150 valence electrons. The van der Waals surface area contributed by atoms with Crippen molar-refractivity contribution < 1.29 is 4.79 Å². The van der Waals surface area contributed by atoms with Crippen molar-refractivity contribution in [2.45, 2.75) is 52.9 Å². The van der Waals surface area contributed by atoms with Crippen LogP contribution >= 0.6 is 11.3 Å². The van der Waals surface area contributed by atoms with E-state index in [4.69, 9.17) is 10.1 Å². The highest BCUT2D eigenvalue weighted by molar-refractivity contribution is 7.20. The number of hydrogen-bond donors (Lipinski definition) is 1. The Kier molecular flexibility index (Phi) is 4.17. The van der Waals surface area contributed by atoms with Crippen LogP contribution in [0.25, 0.3) is 15.3 Å². The number of rotatable bonds is 3. The number of carbonyl (C=O) groups is 1. The molecule has 3 aromatic rings. The van der Waals surface area contributed by atoms with Gasteiger partial charge in [0.25, 0.3) is 0 Å². The van der Waals surface area contributed by atoms with Gasteiger partial charge in [0.2, 0.25) is 5.13 Å². The summed E-state index contributed by atoms with van der Waals surface area (Å²) in [5.41, 5.74) is 4.07. The van der Waals surface area contributed by atoms with E-state index in [-0.39, 0.29) is 17.3 Å². The fraction of sp³-hybridized carbons (Fsp3) is 0.435. The van der Waals surface area contributed by atoms with E-state index in [0.717, 1.165) is 45.4 Å². The van der Waals surface area contributed by atoms with Crippen LogP contribution in [-0.4, -0.2) is 20.5 Å². The van der Waals surface area contributed by atoms with Crippen LogP contribution in [0.4, 0.5) is 5.82 Å². The number of hydrogen-bond acceptors (Lipinski definition) is 5. The van der Waals surface area contributed by atoms with Gasteiger partial charge in [0.15, 0.2) is 0 Å². The van der Waals surface area contributed by atoms with Crippen molar-refractivity contribution in [2.75, 3.05) is 5.32 Å². The Labute approximate surface area is 174 Å². The zero-order valence-corrected chi connectivity index (χ0v) is 18.1. The summed E-state index contributed by atoms with van der Waals surface area (Å²) in [4.78, 5) is 17.9. The predicted octanol–water partition coefficient (Wildman–Crippen LogP) is 5.60. The van der Waals surface area contributed by atoms with Gasteiger partial charge < -0.3 is 5.32 Å². The molecule has 1 aromatic carbocycles. The van der Waals surface area contributed by atoms with Crippen molar-refractivity contribution in [3.05, 3.63) is 47.3 Å². The van der Waals surface area contributed by atoms with E-state index in [9.17, 15) is 4.79 Å². The van der Waals surface area contributed by atoms with Crippen molar-refractivity contribution in [1.82, 2.24) is 14.8 Å². The lowest BCUT2D eigenvalue weighted by molar-refractivity contribution is -0.124. The second-order valence-electron chi connectivity index (χ2n) is 8.95. The van der Waals surface area contributed by atoms with Gasteiger partial charge >= 0.3 is 0 Å². The molecule has 0 amide bonds. The van der Waals surface area contributed by atoms with Gasteiger partial charge in [0.1, 0.15) is 11.6 Å². The van der Waals surface area contributed by atoms with Crippen molar-refractivity contribution in [3.63, 3.8) is 0 Å². The average molecular weight is 407 g/mol. The summed E-state index contributed by atoms with van der Waals surface area (Å²) in [6.07, 6.45) is 4.88. The van der Waals surface area contributed by atoms with Gasteiger partial charge in [0.05, 0.1) is 21.8 Å². The molecule has 2 atom stereocenters. The summed E-state index contributed by atoms with van der Waals surface area (Å²) < 4.78 is 3.10. The van der Waals surface area contributed by atoms with E-state index in [0.29, 0.717) is 12.2 Å². The number of nitrogens with one attached hydrogen (secondary N) is 1. The normalized spacial score (nSPS) is 22.8. The predicted molar refractivity (Wildman–Crippen MR) is 118 cm³/mol. The van der Waals surface area contributed by atoms with Gasteiger partial charge in [-0.2, -0.15) is 9.78 Å². The number of anilines is 1. The maximum atomic E-state index is 13.1.